The monoisotopic (exact) mass is 384 g/mol. The topological polar surface area (TPSA) is 71.8 Å². The van der Waals surface area contributed by atoms with Gasteiger partial charge in [-0.05, 0) is 30.0 Å². The third kappa shape index (κ3) is 4.81. The van der Waals surface area contributed by atoms with Crippen LogP contribution in [0.5, 0.6) is 0 Å². The molecule has 1 N–H and O–H groups in total. The van der Waals surface area contributed by atoms with Gasteiger partial charge in [0.1, 0.15) is 6.26 Å². The molecule has 1 fully saturated rings. The van der Waals surface area contributed by atoms with Gasteiger partial charge in [-0.25, -0.2) is 0 Å². The number of amides is 2. The first-order valence-electron chi connectivity index (χ1n) is 9.79. The molecule has 3 rings (SSSR count). The lowest BCUT2D eigenvalue weighted by molar-refractivity contribution is -0.126. The van der Waals surface area contributed by atoms with E-state index in [0.717, 1.165) is 18.4 Å². The summed E-state index contributed by atoms with van der Waals surface area (Å²) in [6, 6.07) is 10.2. The summed E-state index contributed by atoms with van der Waals surface area (Å²) in [6.07, 6.45) is 4.66. The highest BCUT2D eigenvalue weighted by Gasteiger charge is 2.35. The van der Waals surface area contributed by atoms with Crippen LogP contribution in [0, 0.1) is 5.92 Å². The molecule has 0 aliphatic carbocycles. The van der Waals surface area contributed by atoms with Crippen LogP contribution in [0.1, 0.15) is 40.7 Å². The molecule has 28 heavy (non-hydrogen) atoms. The maximum absolute atomic E-state index is 12.9. The third-order valence-corrected chi connectivity index (χ3v) is 5.34. The number of furan rings is 1. The molecule has 0 spiro atoms. The minimum Gasteiger partial charge on any atom is -0.472 e. The van der Waals surface area contributed by atoms with Gasteiger partial charge in [0.2, 0.25) is 5.91 Å². The highest BCUT2D eigenvalue weighted by atomic mass is 16.5. The zero-order chi connectivity index (χ0) is 19.9. The Balaban J connectivity index is 1.78. The molecule has 2 unspecified atom stereocenters. The Morgan fingerprint density at radius 2 is 2.00 bits per heavy atom. The fourth-order valence-corrected chi connectivity index (χ4v) is 3.71. The molecule has 1 saturated heterocycles. The number of carbonyl (C=O) groups excluding carboxylic acids is 2. The summed E-state index contributed by atoms with van der Waals surface area (Å²) in [7, 11) is 1.61. The van der Waals surface area contributed by atoms with Crippen molar-refractivity contribution >= 4 is 11.8 Å². The number of aryl methyl sites for hydroxylation is 1. The number of hydrogen-bond acceptors (Lipinski definition) is 4. The number of benzene rings is 1. The summed E-state index contributed by atoms with van der Waals surface area (Å²) in [5.41, 5.74) is 2.96. The number of piperidine rings is 1. The molecule has 1 aromatic carbocycles. The number of methoxy groups -OCH3 is 1. The van der Waals surface area contributed by atoms with Crippen molar-refractivity contribution in [1.29, 1.82) is 0 Å². The highest BCUT2D eigenvalue weighted by molar-refractivity contribution is 5.94. The first-order chi connectivity index (χ1) is 13.6. The van der Waals surface area contributed by atoms with Crippen LogP contribution in [0.15, 0.2) is 47.3 Å². The van der Waals surface area contributed by atoms with Crippen molar-refractivity contribution in [3.05, 3.63) is 59.5 Å². The Hall–Kier alpha value is -2.60. The fraction of sp³-hybridized carbons (Fsp3) is 0.455. The molecule has 0 radical (unpaired) electrons. The lowest BCUT2D eigenvalue weighted by atomic mass is 9.83. The summed E-state index contributed by atoms with van der Waals surface area (Å²) in [5.74, 6) is -0.263. The highest BCUT2D eigenvalue weighted by Crippen LogP contribution is 2.31. The van der Waals surface area contributed by atoms with Crippen LogP contribution in [0.4, 0.5) is 0 Å². The Bertz CT molecular complexity index is 770. The Labute approximate surface area is 165 Å². The first kappa shape index (κ1) is 20.1. The molecular weight excluding hydrogens is 356 g/mol. The van der Waals surface area contributed by atoms with E-state index >= 15 is 0 Å². The zero-order valence-corrected chi connectivity index (χ0v) is 16.5. The van der Waals surface area contributed by atoms with Crippen LogP contribution in [-0.4, -0.2) is 50.1 Å². The van der Waals surface area contributed by atoms with Gasteiger partial charge in [0.15, 0.2) is 0 Å². The molecule has 6 nitrogen and oxygen atoms in total. The van der Waals surface area contributed by atoms with E-state index < -0.39 is 0 Å². The molecule has 1 aliphatic rings. The molecule has 2 heterocycles. The largest absolute Gasteiger partial charge is 0.472 e. The van der Waals surface area contributed by atoms with E-state index in [1.807, 2.05) is 0 Å². The average Bonchev–Trinajstić information content (AvgIpc) is 3.28. The van der Waals surface area contributed by atoms with Gasteiger partial charge >= 0.3 is 0 Å². The maximum atomic E-state index is 12.9. The van der Waals surface area contributed by atoms with Crippen LogP contribution in [0.2, 0.25) is 0 Å². The molecule has 6 heteroatoms. The molecule has 0 saturated carbocycles. The van der Waals surface area contributed by atoms with Crippen LogP contribution < -0.4 is 5.32 Å². The smallest absolute Gasteiger partial charge is 0.257 e. The minimum atomic E-state index is -0.252. The van der Waals surface area contributed by atoms with Crippen LogP contribution in [0.25, 0.3) is 0 Å². The second-order valence-corrected chi connectivity index (χ2v) is 7.23. The number of nitrogens with one attached hydrogen (secondary N) is 1. The normalized spacial score (nSPS) is 19.4. The summed E-state index contributed by atoms with van der Waals surface area (Å²) in [5, 5.41) is 2.92. The van der Waals surface area contributed by atoms with Gasteiger partial charge < -0.3 is 19.4 Å². The molecule has 0 bridgehead atoms. The number of likely N-dealkylation sites (tertiary alicyclic amines) is 1. The van der Waals surface area contributed by atoms with Gasteiger partial charge in [0.25, 0.3) is 5.91 Å². The molecule has 150 valence electrons. The maximum Gasteiger partial charge on any atom is 0.257 e. The van der Waals surface area contributed by atoms with E-state index in [2.05, 4.69) is 36.5 Å². The van der Waals surface area contributed by atoms with Crippen molar-refractivity contribution in [2.75, 3.05) is 33.4 Å². The molecule has 2 amide bonds. The number of hydrogen-bond donors (Lipinski definition) is 1. The lowest BCUT2D eigenvalue weighted by Crippen LogP contribution is -2.48. The van der Waals surface area contributed by atoms with Crippen molar-refractivity contribution < 1.29 is 18.7 Å². The molecule has 2 aromatic rings. The Morgan fingerprint density at radius 1 is 1.21 bits per heavy atom. The van der Waals surface area contributed by atoms with Crippen LogP contribution in [0.3, 0.4) is 0 Å². The summed E-state index contributed by atoms with van der Waals surface area (Å²) < 4.78 is 10.1. The summed E-state index contributed by atoms with van der Waals surface area (Å²) in [6.45, 7) is 4.07. The number of carbonyl (C=O) groups is 2. The Morgan fingerprint density at radius 3 is 2.64 bits per heavy atom. The van der Waals surface area contributed by atoms with Crippen molar-refractivity contribution in [2.24, 2.45) is 5.92 Å². The summed E-state index contributed by atoms with van der Waals surface area (Å²) >= 11 is 0. The molecular formula is C22H28N2O4. The minimum absolute atomic E-state index is 0.0306. The van der Waals surface area contributed by atoms with E-state index in [1.165, 1.54) is 18.1 Å². The Kier molecular flexibility index (Phi) is 6.87. The van der Waals surface area contributed by atoms with Gasteiger partial charge in [-0.1, -0.05) is 31.2 Å². The van der Waals surface area contributed by atoms with E-state index in [4.69, 9.17) is 9.15 Å². The van der Waals surface area contributed by atoms with Gasteiger partial charge in [-0.15, -0.1) is 0 Å². The molecule has 2 atom stereocenters. The fourth-order valence-electron chi connectivity index (χ4n) is 3.71. The quantitative estimate of drug-likeness (QED) is 0.745. The summed E-state index contributed by atoms with van der Waals surface area (Å²) in [4.78, 5) is 27.3. The van der Waals surface area contributed by atoms with Crippen molar-refractivity contribution in [2.45, 2.75) is 25.7 Å². The predicted octanol–water partition coefficient (Wildman–Crippen LogP) is 2.85. The average molecular weight is 384 g/mol. The molecule has 1 aliphatic heterocycles. The van der Waals surface area contributed by atoms with E-state index in [-0.39, 0.29) is 23.7 Å². The van der Waals surface area contributed by atoms with E-state index in [0.29, 0.717) is 31.8 Å². The SMILES string of the molecule is CCc1ccc(C2CC(C(=O)NCCOC)CN(C(=O)c3ccoc3)C2)cc1. The number of nitrogens with zero attached hydrogens (tertiary/aromatic N) is 1. The van der Waals surface area contributed by atoms with Gasteiger partial charge in [0, 0.05) is 32.7 Å². The second kappa shape index (κ2) is 9.55. The first-order valence-corrected chi connectivity index (χ1v) is 9.79. The van der Waals surface area contributed by atoms with Gasteiger partial charge in [-0.3, -0.25) is 9.59 Å². The predicted molar refractivity (Wildman–Crippen MR) is 106 cm³/mol. The van der Waals surface area contributed by atoms with Crippen molar-refractivity contribution in [3.8, 4) is 0 Å². The van der Waals surface area contributed by atoms with Gasteiger partial charge in [0.05, 0.1) is 24.4 Å². The third-order valence-electron chi connectivity index (χ3n) is 5.34. The lowest BCUT2D eigenvalue weighted by Gasteiger charge is -2.37. The standard InChI is InChI=1S/C22H28N2O4/c1-3-16-4-6-17(7-5-16)19-12-20(21(25)23-9-11-27-2)14-24(13-19)22(26)18-8-10-28-15-18/h4-8,10,15,19-20H,3,9,11-14H2,1-2H3,(H,23,25). The van der Waals surface area contributed by atoms with E-state index in [9.17, 15) is 9.59 Å². The number of ether oxygens (including phenoxy) is 1. The van der Waals surface area contributed by atoms with Crippen LogP contribution >= 0.6 is 0 Å². The second-order valence-electron chi connectivity index (χ2n) is 7.23. The van der Waals surface area contributed by atoms with Crippen molar-refractivity contribution in [1.82, 2.24) is 10.2 Å². The van der Waals surface area contributed by atoms with E-state index in [1.54, 1.807) is 18.1 Å². The van der Waals surface area contributed by atoms with Crippen LogP contribution in [-0.2, 0) is 16.0 Å². The number of rotatable bonds is 7. The zero-order valence-electron chi connectivity index (χ0n) is 16.5. The van der Waals surface area contributed by atoms with Crippen molar-refractivity contribution in [3.63, 3.8) is 0 Å². The van der Waals surface area contributed by atoms with Gasteiger partial charge in [-0.2, -0.15) is 0 Å². The molecule has 1 aromatic heterocycles.